The first kappa shape index (κ1) is 19.5. The highest BCUT2D eigenvalue weighted by Crippen LogP contribution is 2.29. The number of nitrogens with zero attached hydrogens (tertiary/aromatic N) is 1. The van der Waals surface area contributed by atoms with Crippen molar-refractivity contribution in [2.24, 2.45) is 0 Å². The molecule has 0 aliphatic rings. The van der Waals surface area contributed by atoms with E-state index >= 15 is 0 Å². The third kappa shape index (κ3) is 6.22. The number of carbonyl (C=O) groups is 2. The molecule has 138 valence electrons. The third-order valence-corrected chi connectivity index (χ3v) is 3.83. The van der Waals surface area contributed by atoms with Crippen LogP contribution in [-0.2, 0) is 9.59 Å². The van der Waals surface area contributed by atoms with Crippen molar-refractivity contribution in [2.75, 3.05) is 18.4 Å². The van der Waals surface area contributed by atoms with E-state index in [1.807, 2.05) is 56.3 Å². The standard InChI is InChI=1S/C20H24N2O4/c1-15(2)22(14-20(24)25)13-12-19(23)21-17-10-6-7-11-18(17)26-16-8-4-3-5-9-16/h3-11,15H,12-14H2,1-2H3,(H,21,23)(H,24,25). The van der Waals surface area contributed by atoms with E-state index in [1.54, 1.807) is 17.0 Å². The normalized spacial score (nSPS) is 10.8. The van der Waals surface area contributed by atoms with Gasteiger partial charge in [0.2, 0.25) is 5.91 Å². The lowest BCUT2D eigenvalue weighted by Crippen LogP contribution is -2.37. The number of amides is 1. The van der Waals surface area contributed by atoms with Gasteiger partial charge in [0.25, 0.3) is 0 Å². The summed E-state index contributed by atoms with van der Waals surface area (Å²) in [6.07, 6.45) is 0.200. The van der Waals surface area contributed by atoms with Gasteiger partial charge in [0.05, 0.1) is 12.2 Å². The van der Waals surface area contributed by atoms with Gasteiger partial charge >= 0.3 is 5.97 Å². The Morgan fingerprint density at radius 2 is 1.73 bits per heavy atom. The molecule has 0 aliphatic heterocycles. The SMILES string of the molecule is CC(C)N(CCC(=O)Nc1ccccc1Oc1ccccc1)CC(=O)O. The van der Waals surface area contributed by atoms with Crippen molar-refractivity contribution in [3.63, 3.8) is 0 Å². The largest absolute Gasteiger partial charge is 0.480 e. The molecule has 0 radical (unpaired) electrons. The van der Waals surface area contributed by atoms with Crippen molar-refractivity contribution in [1.82, 2.24) is 4.90 Å². The Balaban J connectivity index is 1.97. The van der Waals surface area contributed by atoms with E-state index in [-0.39, 0.29) is 24.9 Å². The molecule has 0 aromatic heterocycles. The summed E-state index contributed by atoms with van der Waals surface area (Å²) < 4.78 is 5.82. The number of rotatable bonds is 9. The van der Waals surface area contributed by atoms with Crippen molar-refractivity contribution >= 4 is 17.6 Å². The molecule has 6 heteroatoms. The predicted molar refractivity (Wildman–Crippen MR) is 101 cm³/mol. The average molecular weight is 356 g/mol. The van der Waals surface area contributed by atoms with Gasteiger partial charge in [-0.25, -0.2) is 0 Å². The Bertz CT molecular complexity index is 732. The molecular weight excluding hydrogens is 332 g/mol. The second kappa shape index (κ2) is 9.58. The highest BCUT2D eigenvalue weighted by molar-refractivity contribution is 5.92. The molecule has 0 unspecified atom stereocenters. The first-order chi connectivity index (χ1) is 12.5. The fraction of sp³-hybridized carbons (Fsp3) is 0.300. The summed E-state index contributed by atoms with van der Waals surface area (Å²) in [6, 6.07) is 16.6. The Kier molecular flexibility index (Phi) is 7.17. The number of ether oxygens (including phenoxy) is 1. The minimum Gasteiger partial charge on any atom is -0.480 e. The summed E-state index contributed by atoms with van der Waals surface area (Å²) in [5, 5.41) is 11.8. The molecule has 0 fully saturated rings. The average Bonchev–Trinajstić information content (AvgIpc) is 2.60. The number of nitrogens with one attached hydrogen (secondary N) is 1. The summed E-state index contributed by atoms with van der Waals surface area (Å²) in [7, 11) is 0. The van der Waals surface area contributed by atoms with Crippen LogP contribution in [0.3, 0.4) is 0 Å². The fourth-order valence-corrected chi connectivity index (χ4v) is 2.43. The molecular formula is C20H24N2O4. The predicted octanol–water partition coefficient (Wildman–Crippen LogP) is 3.60. The number of hydrogen-bond acceptors (Lipinski definition) is 4. The van der Waals surface area contributed by atoms with Crippen LogP contribution in [0.4, 0.5) is 5.69 Å². The number of carboxylic acid groups (broad SMARTS) is 1. The van der Waals surface area contributed by atoms with Gasteiger partial charge in [0.1, 0.15) is 5.75 Å². The van der Waals surface area contributed by atoms with Crippen LogP contribution in [0.1, 0.15) is 20.3 Å². The zero-order chi connectivity index (χ0) is 18.9. The van der Waals surface area contributed by atoms with E-state index in [0.29, 0.717) is 23.7 Å². The number of hydrogen-bond donors (Lipinski definition) is 2. The molecule has 1 amide bonds. The molecule has 0 saturated carbocycles. The van der Waals surface area contributed by atoms with Crippen LogP contribution in [-0.4, -0.2) is 41.0 Å². The monoisotopic (exact) mass is 356 g/mol. The van der Waals surface area contributed by atoms with Gasteiger partial charge < -0.3 is 15.2 Å². The molecule has 0 saturated heterocycles. The van der Waals surface area contributed by atoms with Crippen molar-refractivity contribution in [1.29, 1.82) is 0 Å². The second-order valence-electron chi connectivity index (χ2n) is 6.17. The van der Waals surface area contributed by atoms with E-state index in [2.05, 4.69) is 5.32 Å². The van der Waals surface area contributed by atoms with Gasteiger partial charge in [0.15, 0.2) is 5.75 Å². The number of carbonyl (C=O) groups excluding carboxylic acids is 1. The lowest BCUT2D eigenvalue weighted by molar-refractivity contribution is -0.139. The van der Waals surface area contributed by atoms with Gasteiger partial charge in [0, 0.05) is 19.0 Å². The zero-order valence-corrected chi connectivity index (χ0v) is 15.0. The smallest absolute Gasteiger partial charge is 0.317 e. The van der Waals surface area contributed by atoms with Crippen LogP contribution in [0.25, 0.3) is 0 Å². The van der Waals surface area contributed by atoms with Crippen molar-refractivity contribution in [3.8, 4) is 11.5 Å². The zero-order valence-electron chi connectivity index (χ0n) is 15.0. The van der Waals surface area contributed by atoms with E-state index in [4.69, 9.17) is 9.84 Å². The minimum absolute atomic E-state index is 0.0487. The van der Waals surface area contributed by atoms with Gasteiger partial charge in [-0.05, 0) is 38.1 Å². The molecule has 0 spiro atoms. The van der Waals surface area contributed by atoms with E-state index in [9.17, 15) is 9.59 Å². The molecule has 0 heterocycles. The maximum Gasteiger partial charge on any atom is 0.317 e. The summed E-state index contributed by atoms with van der Waals surface area (Å²) in [5.41, 5.74) is 0.579. The number of aliphatic carboxylic acids is 1. The molecule has 0 aliphatic carbocycles. The molecule has 6 nitrogen and oxygen atoms in total. The van der Waals surface area contributed by atoms with Crippen LogP contribution < -0.4 is 10.1 Å². The van der Waals surface area contributed by atoms with Crippen LogP contribution in [0.15, 0.2) is 54.6 Å². The molecule has 2 N–H and O–H groups in total. The van der Waals surface area contributed by atoms with Gasteiger partial charge in [-0.2, -0.15) is 0 Å². The number of anilines is 1. The summed E-state index contributed by atoms with van der Waals surface area (Å²) in [5.74, 6) is 0.144. The summed E-state index contributed by atoms with van der Waals surface area (Å²) in [4.78, 5) is 24.9. The first-order valence-corrected chi connectivity index (χ1v) is 8.53. The molecule has 0 bridgehead atoms. The maximum absolute atomic E-state index is 12.3. The topological polar surface area (TPSA) is 78.9 Å². The molecule has 26 heavy (non-hydrogen) atoms. The number of para-hydroxylation sites is 3. The lowest BCUT2D eigenvalue weighted by atomic mass is 10.2. The van der Waals surface area contributed by atoms with Crippen LogP contribution in [0.5, 0.6) is 11.5 Å². The van der Waals surface area contributed by atoms with Crippen molar-refractivity contribution in [3.05, 3.63) is 54.6 Å². The van der Waals surface area contributed by atoms with Gasteiger partial charge in [-0.1, -0.05) is 30.3 Å². The third-order valence-electron chi connectivity index (χ3n) is 3.83. The molecule has 2 rings (SSSR count). The van der Waals surface area contributed by atoms with E-state index in [1.165, 1.54) is 0 Å². The quantitative estimate of drug-likeness (QED) is 0.718. The number of benzene rings is 2. The van der Waals surface area contributed by atoms with Crippen LogP contribution in [0, 0.1) is 0 Å². The maximum atomic E-state index is 12.3. The second-order valence-corrected chi connectivity index (χ2v) is 6.17. The minimum atomic E-state index is -0.902. The molecule has 2 aromatic carbocycles. The van der Waals surface area contributed by atoms with Gasteiger partial charge in [-0.3, -0.25) is 14.5 Å². The summed E-state index contributed by atoms with van der Waals surface area (Å²) >= 11 is 0. The lowest BCUT2D eigenvalue weighted by Gasteiger charge is -2.24. The van der Waals surface area contributed by atoms with Crippen molar-refractivity contribution in [2.45, 2.75) is 26.3 Å². The first-order valence-electron chi connectivity index (χ1n) is 8.53. The summed E-state index contributed by atoms with van der Waals surface area (Å²) in [6.45, 7) is 4.10. The fourth-order valence-electron chi connectivity index (χ4n) is 2.43. The Morgan fingerprint density at radius 1 is 1.08 bits per heavy atom. The van der Waals surface area contributed by atoms with Gasteiger partial charge in [-0.15, -0.1) is 0 Å². The van der Waals surface area contributed by atoms with Crippen molar-refractivity contribution < 1.29 is 19.4 Å². The molecule has 2 aromatic rings. The van der Waals surface area contributed by atoms with Crippen LogP contribution in [0.2, 0.25) is 0 Å². The Hall–Kier alpha value is -2.86. The van der Waals surface area contributed by atoms with Crippen LogP contribution >= 0.6 is 0 Å². The molecule has 0 atom stereocenters. The highest BCUT2D eigenvalue weighted by Gasteiger charge is 2.15. The Morgan fingerprint density at radius 3 is 2.38 bits per heavy atom. The number of carboxylic acids is 1. The van der Waals surface area contributed by atoms with E-state index in [0.717, 1.165) is 0 Å². The van der Waals surface area contributed by atoms with E-state index < -0.39 is 5.97 Å². The highest BCUT2D eigenvalue weighted by atomic mass is 16.5. The Labute approximate surface area is 153 Å².